The highest BCUT2D eigenvalue weighted by atomic mass is 32.2. The summed E-state index contributed by atoms with van der Waals surface area (Å²) in [5, 5.41) is 2.59. The fraction of sp³-hybridized carbons (Fsp3) is 0.200. The summed E-state index contributed by atoms with van der Waals surface area (Å²) < 4.78 is 28.0. The lowest BCUT2D eigenvalue weighted by molar-refractivity contribution is -0.114. The summed E-state index contributed by atoms with van der Waals surface area (Å²) in [7, 11) is -3.86. The molecule has 2 N–H and O–H groups in total. The average Bonchev–Trinajstić information content (AvgIpc) is 2.72. The van der Waals surface area contributed by atoms with Crippen molar-refractivity contribution >= 4 is 33.1 Å². The second-order valence-electron chi connectivity index (χ2n) is 8.55. The van der Waals surface area contributed by atoms with E-state index in [9.17, 15) is 18.0 Å². The summed E-state index contributed by atoms with van der Waals surface area (Å²) in [6.07, 6.45) is 0. The summed E-state index contributed by atoms with van der Waals surface area (Å²) in [4.78, 5) is 24.1. The van der Waals surface area contributed by atoms with Crippen LogP contribution in [-0.2, 0) is 20.2 Å². The number of carbonyl (C=O) groups is 2. The van der Waals surface area contributed by atoms with Crippen molar-refractivity contribution in [3.63, 3.8) is 0 Å². The number of anilines is 2. The molecule has 0 heterocycles. The summed E-state index contributed by atoms with van der Waals surface area (Å²) in [6, 6.07) is 19.7. The molecule has 0 aliphatic heterocycles. The third kappa shape index (κ3) is 5.62. The maximum absolute atomic E-state index is 12.9. The van der Waals surface area contributed by atoms with Crippen molar-refractivity contribution in [1.82, 2.24) is 0 Å². The third-order valence-electron chi connectivity index (χ3n) is 4.88. The third-order valence-corrected chi connectivity index (χ3v) is 6.27. The Labute approximate surface area is 188 Å². The zero-order valence-corrected chi connectivity index (χ0v) is 19.3. The maximum Gasteiger partial charge on any atom is 0.261 e. The van der Waals surface area contributed by atoms with Gasteiger partial charge in [0.05, 0.1) is 4.90 Å². The summed E-state index contributed by atoms with van der Waals surface area (Å²) in [6.45, 7) is 7.69. The quantitative estimate of drug-likeness (QED) is 0.519. The minimum atomic E-state index is -3.86. The molecular weight excluding hydrogens is 424 g/mol. The van der Waals surface area contributed by atoms with E-state index < -0.39 is 10.0 Å². The molecule has 3 aromatic carbocycles. The lowest BCUT2D eigenvalue weighted by Crippen LogP contribution is -2.14. The van der Waals surface area contributed by atoms with Crippen molar-refractivity contribution in [3.8, 4) is 0 Å². The molecule has 0 bridgehead atoms. The van der Waals surface area contributed by atoms with E-state index in [0.29, 0.717) is 16.8 Å². The number of benzene rings is 3. The minimum Gasteiger partial charge on any atom is -0.326 e. The molecule has 0 spiro atoms. The van der Waals surface area contributed by atoms with Gasteiger partial charge in [0, 0.05) is 29.4 Å². The van der Waals surface area contributed by atoms with Gasteiger partial charge in [-0.1, -0.05) is 57.2 Å². The molecule has 0 radical (unpaired) electrons. The first-order chi connectivity index (χ1) is 15.0. The SMILES string of the molecule is CC(=O)Nc1ccc(S(=O)(=O)Nc2cccc(C(=O)c3ccc(C(C)(C)C)cc3)c2)cc1. The first-order valence-corrected chi connectivity index (χ1v) is 11.6. The number of carbonyl (C=O) groups excluding carboxylic acids is 2. The van der Waals surface area contributed by atoms with Gasteiger partial charge in [-0.2, -0.15) is 0 Å². The molecule has 0 saturated carbocycles. The van der Waals surface area contributed by atoms with Crippen molar-refractivity contribution < 1.29 is 18.0 Å². The molecule has 166 valence electrons. The fourth-order valence-corrected chi connectivity index (χ4v) is 4.20. The highest BCUT2D eigenvalue weighted by Crippen LogP contribution is 2.24. The van der Waals surface area contributed by atoms with E-state index in [1.54, 1.807) is 30.3 Å². The molecule has 0 unspecified atom stereocenters. The van der Waals surface area contributed by atoms with Crippen molar-refractivity contribution in [2.45, 2.75) is 38.0 Å². The molecule has 7 heteroatoms. The van der Waals surface area contributed by atoms with E-state index in [1.165, 1.54) is 37.3 Å². The van der Waals surface area contributed by atoms with Gasteiger partial charge in [0.1, 0.15) is 0 Å². The van der Waals surface area contributed by atoms with Crippen molar-refractivity contribution in [1.29, 1.82) is 0 Å². The highest BCUT2D eigenvalue weighted by molar-refractivity contribution is 7.92. The fourth-order valence-electron chi connectivity index (χ4n) is 3.15. The molecule has 32 heavy (non-hydrogen) atoms. The number of rotatable bonds is 6. The van der Waals surface area contributed by atoms with Crippen LogP contribution in [0.4, 0.5) is 11.4 Å². The molecule has 0 aliphatic carbocycles. The Kier molecular flexibility index (Phi) is 6.50. The van der Waals surface area contributed by atoms with E-state index in [0.717, 1.165) is 5.56 Å². The normalized spacial score (nSPS) is 11.6. The first kappa shape index (κ1) is 23.2. The Morgan fingerprint density at radius 2 is 1.41 bits per heavy atom. The maximum atomic E-state index is 12.9. The lowest BCUT2D eigenvalue weighted by atomic mass is 9.86. The Hall–Kier alpha value is -3.45. The minimum absolute atomic E-state index is 0.0138. The van der Waals surface area contributed by atoms with Crippen LogP contribution < -0.4 is 10.0 Å². The van der Waals surface area contributed by atoms with Gasteiger partial charge < -0.3 is 5.32 Å². The molecule has 3 aromatic rings. The van der Waals surface area contributed by atoms with E-state index >= 15 is 0 Å². The van der Waals surface area contributed by atoms with Gasteiger partial charge >= 0.3 is 0 Å². The Morgan fingerprint density at radius 1 is 0.781 bits per heavy atom. The molecule has 0 atom stereocenters. The molecule has 0 aromatic heterocycles. The first-order valence-electron chi connectivity index (χ1n) is 10.1. The van der Waals surface area contributed by atoms with Gasteiger partial charge in [-0.05, 0) is 47.4 Å². The number of sulfonamides is 1. The van der Waals surface area contributed by atoms with Crippen molar-refractivity contribution in [2.75, 3.05) is 10.0 Å². The van der Waals surface area contributed by atoms with Gasteiger partial charge in [0.15, 0.2) is 5.78 Å². The smallest absolute Gasteiger partial charge is 0.261 e. The zero-order chi connectivity index (χ0) is 23.5. The molecule has 0 saturated heterocycles. The second kappa shape index (κ2) is 8.96. The molecular formula is C25H26N2O4S. The van der Waals surface area contributed by atoms with Crippen LogP contribution in [0.25, 0.3) is 0 Å². The standard InChI is InChI=1S/C25H26N2O4S/c1-17(28)26-21-12-14-23(15-13-21)32(30,31)27-22-7-5-6-19(16-22)24(29)18-8-10-20(11-9-18)25(2,3)4/h5-16,27H,1-4H3,(H,26,28). The molecule has 1 amide bonds. The highest BCUT2D eigenvalue weighted by Gasteiger charge is 2.17. The van der Waals surface area contributed by atoms with Crippen LogP contribution in [0.3, 0.4) is 0 Å². The van der Waals surface area contributed by atoms with Gasteiger partial charge in [-0.15, -0.1) is 0 Å². The number of hydrogen-bond donors (Lipinski definition) is 2. The molecule has 0 aliphatic rings. The van der Waals surface area contributed by atoms with Gasteiger partial charge in [0.25, 0.3) is 10.0 Å². The van der Waals surface area contributed by atoms with Crippen LogP contribution in [-0.4, -0.2) is 20.1 Å². The van der Waals surface area contributed by atoms with Gasteiger partial charge in [-0.25, -0.2) is 8.42 Å². The number of ketones is 1. The average molecular weight is 451 g/mol. The van der Waals surface area contributed by atoms with E-state index in [1.807, 2.05) is 12.1 Å². The van der Waals surface area contributed by atoms with Crippen LogP contribution in [0.2, 0.25) is 0 Å². The van der Waals surface area contributed by atoms with Crippen LogP contribution in [0.5, 0.6) is 0 Å². The van der Waals surface area contributed by atoms with E-state index in [-0.39, 0.29) is 27.7 Å². The largest absolute Gasteiger partial charge is 0.326 e. The van der Waals surface area contributed by atoms with Crippen LogP contribution in [0.15, 0.2) is 77.7 Å². The monoisotopic (exact) mass is 450 g/mol. The number of amides is 1. The topological polar surface area (TPSA) is 92.3 Å². The molecule has 0 fully saturated rings. The zero-order valence-electron chi connectivity index (χ0n) is 18.5. The predicted octanol–water partition coefficient (Wildman–Crippen LogP) is 4.97. The van der Waals surface area contributed by atoms with Crippen LogP contribution >= 0.6 is 0 Å². The van der Waals surface area contributed by atoms with Crippen LogP contribution in [0, 0.1) is 0 Å². The Morgan fingerprint density at radius 3 is 1.97 bits per heavy atom. The molecule has 6 nitrogen and oxygen atoms in total. The van der Waals surface area contributed by atoms with Gasteiger partial charge in [-0.3, -0.25) is 14.3 Å². The Balaban J connectivity index is 1.79. The van der Waals surface area contributed by atoms with E-state index in [2.05, 4.69) is 30.8 Å². The van der Waals surface area contributed by atoms with Gasteiger partial charge in [0.2, 0.25) is 5.91 Å². The number of hydrogen-bond acceptors (Lipinski definition) is 4. The van der Waals surface area contributed by atoms with Crippen molar-refractivity contribution in [3.05, 3.63) is 89.5 Å². The van der Waals surface area contributed by atoms with Crippen LogP contribution in [0.1, 0.15) is 49.2 Å². The Bertz CT molecular complexity index is 1240. The second-order valence-corrected chi connectivity index (χ2v) is 10.2. The lowest BCUT2D eigenvalue weighted by Gasteiger charge is -2.19. The summed E-state index contributed by atoms with van der Waals surface area (Å²) in [5.74, 6) is -0.431. The molecule has 3 rings (SSSR count). The number of nitrogens with one attached hydrogen (secondary N) is 2. The summed E-state index contributed by atoms with van der Waals surface area (Å²) in [5.41, 5.74) is 2.82. The predicted molar refractivity (Wildman–Crippen MR) is 127 cm³/mol. The summed E-state index contributed by atoms with van der Waals surface area (Å²) >= 11 is 0. The van der Waals surface area contributed by atoms with Crippen molar-refractivity contribution in [2.24, 2.45) is 0 Å². The van der Waals surface area contributed by atoms with E-state index in [4.69, 9.17) is 0 Å².